The van der Waals surface area contributed by atoms with Crippen molar-refractivity contribution in [3.05, 3.63) is 34.4 Å². The Balaban J connectivity index is 2.06. The van der Waals surface area contributed by atoms with E-state index in [4.69, 9.17) is 0 Å². The molecule has 0 spiro atoms. The third-order valence-corrected chi connectivity index (χ3v) is 4.53. The smallest absolute Gasteiger partial charge is 0.152 e. The maximum absolute atomic E-state index is 11.2. The van der Waals surface area contributed by atoms with Crippen molar-refractivity contribution in [2.45, 2.75) is 18.9 Å². The number of piperidine rings is 1. The normalized spacial score (nSPS) is 18.0. The van der Waals surface area contributed by atoms with E-state index in [0.717, 1.165) is 47.6 Å². The predicted octanol–water partition coefficient (Wildman–Crippen LogP) is 3.48. The molecule has 2 aromatic rings. The first-order valence-electron chi connectivity index (χ1n) is 6.63. The van der Waals surface area contributed by atoms with Gasteiger partial charge in [-0.25, -0.2) is 0 Å². The lowest BCUT2D eigenvalue weighted by Gasteiger charge is -2.30. The third-order valence-electron chi connectivity index (χ3n) is 4.03. The summed E-state index contributed by atoms with van der Waals surface area (Å²) in [4.78, 5) is 13.6. The number of benzene rings is 1. The number of halogens is 1. The average Bonchev–Trinajstić information content (AvgIpc) is 2.77. The van der Waals surface area contributed by atoms with Gasteiger partial charge in [-0.1, -0.05) is 15.9 Å². The maximum atomic E-state index is 11.2. The first-order valence-corrected chi connectivity index (χ1v) is 7.42. The topological polar surface area (TPSA) is 25.2 Å². The minimum Gasteiger partial charge on any atom is -0.344 e. The third kappa shape index (κ3) is 2.35. The first-order chi connectivity index (χ1) is 9.19. The van der Waals surface area contributed by atoms with Crippen LogP contribution >= 0.6 is 15.9 Å². The number of aldehydes is 1. The molecule has 4 heteroatoms. The Morgan fingerprint density at radius 2 is 2.05 bits per heavy atom. The zero-order valence-corrected chi connectivity index (χ0v) is 12.6. The summed E-state index contributed by atoms with van der Waals surface area (Å²) in [5.74, 6) is 0. The highest BCUT2D eigenvalue weighted by Gasteiger charge is 2.20. The van der Waals surface area contributed by atoms with Crippen LogP contribution in [0, 0.1) is 0 Å². The summed E-state index contributed by atoms with van der Waals surface area (Å²) >= 11 is 3.48. The average molecular weight is 321 g/mol. The molecule has 3 rings (SSSR count). The van der Waals surface area contributed by atoms with Gasteiger partial charge in [-0.2, -0.15) is 0 Å². The van der Waals surface area contributed by atoms with Gasteiger partial charge in [0.05, 0.1) is 0 Å². The summed E-state index contributed by atoms with van der Waals surface area (Å²) in [6.07, 6.45) is 5.27. The molecule has 1 aliphatic heterocycles. The van der Waals surface area contributed by atoms with Crippen LogP contribution in [0.4, 0.5) is 0 Å². The van der Waals surface area contributed by atoms with Crippen LogP contribution in [0.2, 0.25) is 0 Å². The Bertz CT molecular complexity index is 612. The molecule has 1 fully saturated rings. The molecule has 100 valence electrons. The number of likely N-dealkylation sites (tertiary alicyclic amines) is 1. The highest BCUT2D eigenvalue weighted by Crippen LogP contribution is 2.30. The van der Waals surface area contributed by atoms with E-state index in [0.29, 0.717) is 6.04 Å². The van der Waals surface area contributed by atoms with Gasteiger partial charge < -0.3 is 9.47 Å². The predicted molar refractivity (Wildman–Crippen MR) is 80.8 cm³/mol. The highest BCUT2D eigenvalue weighted by atomic mass is 79.9. The van der Waals surface area contributed by atoms with Crippen LogP contribution in [0.5, 0.6) is 0 Å². The van der Waals surface area contributed by atoms with Crippen LogP contribution in [-0.4, -0.2) is 35.9 Å². The summed E-state index contributed by atoms with van der Waals surface area (Å²) in [7, 11) is 2.16. The van der Waals surface area contributed by atoms with Gasteiger partial charge in [-0.15, -0.1) is 0 Å². The van der Waals surface area contributed by atoms with Crippen LogP contribution in [0.25, 0.3) is 10.9 Å². The Hall–Kier alpha value is -1.13. The zero-order valence-electron chi connectivity index (χ0n) is 11.0. The largest absolute Gasteiger partial charge is 0.344 e. The second kappa shape index (κ2) is 5.10. The lowest BCUT2D eigenvalue weighted by Crippen LogP contribution is -2.31. The number of nitrogens with zero attached hydrogens (tertiary/aromatic N) is 2. The van der Waals surface area contributed by atoms with Crippen LogP contribution < -0.4 is 0 Å². The molecule has 0 bridgehead atoms. The van der Waals surface area contributed by atoms with E-state index < -0.39 is 0 Å². The number of rotatable bonds is 2. The SMILES string of the molecule is CN1CCC(n2cc(C=O)c3cc(Br)ccc32)CC1. The summed E-state index contributed by atoms with van der Waals surface area (Å²) in [5.41, 5.74) is 1.95. The van der Waals surface area contributed by atoms with Gasteiger partial charge in [0.1, 0.15) is 0 Å². The molecule has 3 nitrogen and oxygen atoms in total. The van der Waals surface area contributed by atoms with Crippen molar-refractivity contribution in [3.8, 4) is 0 Å². The zero-order chi connectivity index (χ0) is 13.4. The number of hydrogen-bond donors (Lipinski definition) is 0. The van der Waals surface area contributed by atoms with Gasteiger partial charge in [0.15, 0.2) is 6.29 Å². The van der Waals surface area contributed by atoms with Crippen molar-refractivity contribution < 1.29 is 4.79 Å². The molecule has 0 atom stereocenters. The molecule has 1 aliphatic rings. The molecule has 0 N–H and O–H groups in total. The molecular formula is C15H17BrN2O. The van der Waals surface area contributed by atoms with E-state index in [1.165, 1.54) is 5.52 Å². The van der Waals surface area contributed by atoms with Gasteiger partial charge in [-0.3, -0.25) is 4.79 Å². The van der Waals surface area contributed by atoms with E-state index in [2.05, 4.69) is 38.5 Å². The minimum atomic E-state index is 0.508. The van der Waals surface area contributed by atoms with Crippen LogP contribution in [0.15, 0.2) is 28.9 Å². The van der Waals surface area contributed by atoms with Crippen molar-refractivity contribution in [2.24, 2.45) is 0 Å². The second-order valence-electron chi connectivity index (χ2n) is 5.31. The van der Waals surface area contributed by atoms with Gasteiger partial charge in [0, 0.05) is 33.2 Å². The molecule has 1 saturated heterocycles. The van der Waals surface area contributed by atoms with Crippen molar-refractivity contribution in [1.29, 1.82) is 0 Å². The molecule has 1 aromatic carbocycles. The van der Waals surface area contributed by atoms with E-state index >= 15 is 0 Å². The lowest BCUT2D eigenvalue weighted by molar-refractivity contribution is 0.112. The molecule has 0 aliphatic carbocycles. The first kappa shape index (κ1) is 12.9. The molecule has 1 aromatic heterocycles. The number of carbonyl (C=O) groups is 1. The highest BCUT2D eigenvalue weighted by molar-refractivity contribution is 9.10. The molecule has 19 heavy (non-hydrogen) atoms. The fourth-order valence-corrected chi connectivity index (χ4v) is 3.28. The standard InChI is InChI=1S/C15H17BrN2O/c1-17-6-4-13(5-7-17)18-9-11(10-19)14-8-12(16)2-3-15(14)18/h2-3,8-10,13H,4-7H2,1H3. The quantitative estimate of drug-likeness (QED) is 0.791. The molecule has 2 heterocycles. The fraction of sp³-hybridized carbons (Fsp3) is 0.400. The molecular weight excluding hydrogens is 304 g/mol. The summed E-state index contributed by atoms with van der Waals surface area (Å²) in [5, 5.41) is 1.04. The number of fused-ring (bicyclic) bond motifs is 1. The van der Waals surface area contributed by atoms with Crippen molar-refractivity contribution >= 4 is 33.1 Å². The second-order valence-corrected chi connectivity index (χ2v) is 6.22. The summed E-state index contributed by atoms with van der Waals surface area (Å²) in [6, 6.07) is 6.69. The van der Waals surface area contributed by atoms with Crippen molar-refractivity contribution in [3.63, 3.8) is 0 Å². The molecule has 0 unspecified atom stereocenters. The molecule has 0 saturated carbocycles. The lowest BCUT2D eigenvalue weighted by atomic mass is 10.1. The van der Waals surface area contributed by atoms with E-state index in [9.17, 15) is 4.79 Å². The monoisotopic (exact) mass is 320 g/mol. The summed E-state index contributed by atoms with van der Waals surface area (Å²) in [6.45, 7) is 2.24. The van der Waals surface area contributed by atoms with Crippen LogP contribution in [0.1, 0.15) is 29.2 Å². The minimum absolute atomic E-state index is 0.508. The Morgan fingerprint density at radius 3 is 2.74 bits per heavy atom. The number of aromatic nitrogens is 1. The van der Waals surface area contributed by atoms with Crippen molar-refractivity contribution in [1.82, 2.24) is 9.47 Å². The Labute approximate surface area is 121 Å². The summed E-state index contributed by atoms with van der Waals surface area (Å²) < 4.78 is 3.31. The van der Waals surface area contributed by atoms with Gasteiger partial charge in [-0.05, 0) is 51.2 Å². The molecule has 0 radical (unpaired) electrons. The van der Waals surface area contributed by atoms with E-state index in [1.807, 2.05) is 18.3 Å². The van der Waals surface area contributed by atoms with E-state index in [-0.39, 0.29) is 0 Å². The van der Waals surface area contributed by atoms with Crippen LogP contribution in [0.3, 0.4) is 0 Å². The Kier molecular flexibility index (Phi) is 3.46. The van der Waals surface area contributed by atoms with Gasteiger partial charge in [0.2, 0.25) is 0 Å². The number of hydrogen-bond acceptors (Lipinski definition) is 2. The fourth-order valence-electron chi connectivity index (χ4n) is 2.92. The van der Waals surface area contributed by atoms with Gasteiger partial charge >= 0.3 is 0 Å². The Morgan fingerprint density at radius 1 is 1.32 bits per heavy atom. The maximum Gasteiger partial charge on any atom is 0.152 e. The van der Waals surface area contributed by atoms with Gasteiger partial charge in [0.25, 0.3) is 0 Å². The van der Waals surface area contributed by atoms with Crippen LogP contribution in [-0.2, 0) is 0 Å². The molecule has 0 amide bonds. The number of carbonyl (C=O) groups excluding carboxylic acids is 1. The van der Waals surface area contributed by atoms with E-state index in [1.54, 1.807) is 0 Å². The van der Waals surface area contributed by atoms with Crippen molar-refractivity contribution in [2.75, 3.05) is 20.1 Å².